The minimum absolute atomic E-state index is 0.529. The molecule has 1 fully saturated rings. The molecular weight excluding hydrogens is 238 g/mol. The zero-order valence-corrected chi connectivity index (χ0v) is 10.3. The van der Waals surface area contributed by atoms with Crippen molar-refractivity contribution < 1.29 is 0 Å². The fourth-order valence-electron chi connectivity index (χ4n) is 2.14. The standard InChI is InChI=1S/C12H16BrN/c1-12(2)8-14(9-12)7-10-5-3-4-6-11(10)13/h3-6H,7-9H2,1-2H3. The molecule has 0 aromatic heterocycles. The highest BCUT2D eigenvalue weighted by atomic mass is 79.9. The lowest BCUT2D eigenvalue weighted by atomic mass is 9.84. The van der Waals surface area contributed by atoms with E-state index < -0.39 is 0 Å². The monoisotopic (exact) mass is 253 g/mol. The molecule has 0 N–H and O–H groups in total. The molecule has 0 bridgehead atoms. The van der Waals surface area contributed by atoms with Crippen molar-refractivity contribution in [3.63, 3.8) is 0 Å². The van der Waals surface area contributed by atoms with E-state index >= 15 is 0 Å². The van der Waals surface area contributed by atoms with Crippen LogP contribution in [0.3, 0.4) is 0 Å². The van der Waals surface area contributed by atoms with Crippen LogP contribution in [0.5, 0.6) is 0 Å². The first-order valence-electron chi connectivity index (χ1n) is 5.03. The first-order chi connectivity index (χ1) is 6.57. The summed E-state index contributed by atoms with van der Waals surface area (Å²) in [6.07, 6.45) is 0. The fraction of sp³-hybridized carbons (Fsp3) is 0.500. The summed E-state index contributed by atoms with van der Waals surface area (Å²) in [4.78, 5) is 2.49. The molecule has 1 saturated heterocycles. The zero-order valence-electron chi connectivity index (χ0n) is 8.76. The van der Waals surface area contributed by atoms with Crippen LogP contribution in [0.1, 0.15) is 19.4 Å². The molecule has 1 aromatic rings. The number of rotatable bonds is 2. The van der Waals surface area contributed by atoms with E-state index in [1.54, 1.807) is 0 Å². The van der Waals surface area contributed by atoms with E-state index in [0.717, 1.165) is 6.54 Å². The van der Waals surface area contributed by atoms with Gasteiger partial charge in [-0.3, -0.25) is 4.90 Å². The number of hydrogen-bond donors (Lipinski definition) is 0. The van der Waals surface area contributed by atoms with Gasteiger partial charge in [-0.25, -0.2) is 0 Å². The van der Waals surface area contributed by atoms with Crippen molar-refractivity contribution in [1.82, 2.24) is 4.90 Å². The second-order valence-corrected chi connectivity index (χ2v) is 5.76. The van der Waals surface area contributed by atoms with Crippen molar-refractivity contribution in [3.05, 3.63) is 34.3 Å². The maximum atomic E-state index is 3.58. The van der Waals surface area contributed by atoms with Crippen molar-refractivity contribution >= 4 is 15.9 Å². The van der Waals surface area contributed by atoms with Gasteiger partial charge in [0.2, 0.25) is 0 Å². The van der Waals surface area contributed by atoms with Gasteiger partial charge < -0.3 is 0 Å². The Balaban J connectivity index is 1.97. The average Bonchev–Trinajstić information content (AvgIpc) is 2.05. The van der Waals surface area contributed by atoms with Gasteiger partial charge in [0.25, 0.3) is 0 Å². The second-order valence-electron chi connectivity index (χ2n) is 4.90. The molecule has 0 saturated carbocycles. The predicted octanol–water partition coefficient (Wildman–Crippen LogP) is 3.29. The van der Waals surface area contributed by atoms with Gasteiger partial charge in [0.1, 0.15) is 0 Å². The molecule has 1 aromatic carbocycles. The molecule has 14 heavy (non-hydrogen) atoms. The minimum Gasteiger partial charge on any atom is -0.298 e. The van der Waals surface area contributed by atoms with Crippen molar-refractivity contribution in [3.8, 4) is 0 Å². The van der Waals surface area contributed by atoms with E-state index in [0.29, 0.717) is 5.41 Å². The van der Waals surface area contributed by atoms with Crippen molar-refractivity contribution in [2.24, 2.45) is 5.41 Å². The molecule has 76 valence electrons. The molecule has 0 amide bonds. The third-order valence-corrected chi connectivity index (χ3v) is 3.43. The number of benzene rings is 1. The topological polar surface area (TPSA) is 3.24 Å². The number of hydrogen-bond acceptors (Lipinski definition) is 1. The van der Waals surface area contributed by atoms with Gasteiger partial charge in [-0.1, -0.05) is 48.0 Å². The highest BCUT2D eigenvalue weighted by molar-refractivity contribution is 9.10. The molecule has 2 heteroatoms. The molecule has 0 unspecified atom stereocenters. The van der Waals surface area contributed by atoms with Crippen molar-refractivity contribution in [2.45, 2.75) is 20.4 Å². The highest BCUT2D eigenvalue weighted by Crippen LogP contribution is 2.31. The molecule has 0 aliphatic carbocycles. The van der Waals surface area contributed by atoms with Crippen LogP contribution in [0.4, 0.5) is 0 Å². The summed E-state index contributed by atoms with van der Waals surface area (Å²) in [6, 6.07) is 8.47. The Morgan fingerprint density at radius 3 is 2.50 bits per heavy atom. The van der Waals surface area contributed by atoms with Gasteiger partial charge in [0.05, 0.1) is 0 Å². The van der Waals surface area contributed by atoms with Crippen LogP contribution in [0.15, 0.2) is 28.7 Å². The quantitative estimate of drug-likeness (QED) is 0.782. The summed E-state index contributed by atoms with van der Waals surface area (Å²) >= 11 is 3.58. The van der Waals surface area contributed by atoms with Crippen LogP contribution in [0.25, 0.3) is 0 Å². The van der Waals surface area contributed by atoms with Gasteiger partial charge in [0.15, 0.2) is 0 Å². The van der Waals surface area contributed by atoms with Crippen LogP contribution < -0.4 is 0 Å². The lowest BCUT2D eigenvalue weighted by Gasteiger charge is -2.46. The number of halogens is 1. The molecule has 1 heterocycles. The van der Waals surface area contributed by atoms with Crippen LogP contribution in [0.2, 0.25) is 0 Å². The van der Waals surface area contributed by atoms with E-state index in [1.807, 2.05) is 0 Å². The molecule has 0 spiro atoms. The van der Waals surface area contributed by atoms with E-state index in [1.165, 1.54) is 23.1 Å². The normalized spacial score (nSPS) is 20.5. The Labute approximate surface area is 94.2 Å². The van der Waals surface area contributed by atoms with Gasteiger partial charge >= 0.3 is 0 Å². The lowest BCUT2D eigenvalue weighted by molar-refractivity contribution is 0.0241. The summed E-state index contributed by atoms with van der Waals surface area (Å²) in [5.41, 5.74) is 1.92. The number of nitrogens with zero attached hydrogens (tertiary/aromatic N) is 1. The molecule has 0 radical (unpaired) electrons. The molecule has 1 aliphatic rings. The SMILES string of the molecule is CC1(C)CN(Cc2ccccc2Br)C1. The van der Waals surface area contributed by atoms with Crippen LogP contribution in [-0.2, 0) is 6.54 Å². The third kappa shape index (κ3) is 2.18. The Bertz CT molecular complexity index is 325. The zero-order chi connectivity index (χ0) is 10.2. The first-order valence-corrected chi connectivity index (χ1v) is 5.82. The minimum atomic E-state index is 0.529. The van der Waals surface area contributed by atoms with Crippen LogP contribution >= 0.6 is 15.9 Å². The van der Waals surface area contributed by atoms with Gasteiger partial charge in [-0.15, -0.1) is 0 Å². The molecule has 2 rings (SSSR count). The molecular formula is C12H16BrN. The Morgan fingerprint density at radius 1 is 1.29 bits per heavy atom. The predicted molar refractivity (Wildman–Crippen MR) is 63.2 cm³/mol. The number of likely N-dealkylation sites (tertiary alicyclic amines) is 1. The summed E-state index contributed by atoms with van der Waals surface area (Å²) in [6.45, 7) is 8.15. The Morgan fingerprint density at radius 2 is 1.93 bits per heavy atom. The van der Waals surface area contributed by atoms with Crippen LogP contribution in [0, 0.1) is 5.41 Å². The maximum Gasteiger partial charge on any atom is 0.0245 e. The Hall–Kier alpha value is -0.340. The van der Waals surface area contributed by atoms with Crippen molar-refractivity contribution in [2.75, 3.05) is 13.1 Å². The lowest BCUT2D eigenvalue weighted by Crippen LogP contribution is -2.52. The molecule has 1 nitrogen and oxygen atoms in total. The summed E-state index contributed by atoms with van der Waals surface area (Å²) < 4.78 is 1.23. The smallest absolute Gasteiger partial charge is 0.0245 e. The first kappa shape index (κ1) is 10.2. The fourth-order valence-corrected chi connectivity index (χ4v) is 2.55. The second kappa shape index (κ2) is 3.67. The van der Waals surface area contributed by atoms with Gasteiger partial charge in [-0.05, 0) is 17.0 Å². The van der Waals surface area contributed by atoms with E-state index in [2.05, 4.69) is 58.9 Å². The molecule has 1 aliphatic heterocycles. The van der Waals surface area contributed by atoms with Crippen molar-refractivity contribution in [1.29, 1.82) is 0 Å². The third-order valence-electron chi connectivity index (χ3n) is 2.66. The largest absolute Gasteiger partial charge is 0.298 e. The summed E-state index contributed by atoms with van der Waals surface area (Å²) in [5, 5.41) is 0. The average molecular weight is 254 g/mol. The van der Waals surface area contributed by atoms with E-state index in [9.17, 15) is 0 Å². The van der Waals surface area contributed by atoms with Gasteiger partial charge in [0, 0.05) is 24.1 Å². The Kier molecular flexibility index (Phi) is 2.67. The van der Waals surface area contributed by atoms with Gasteiger partial charge in [-0.2, -0.15) is 0 Å². The summed E-state index contributed by atoms with van der Waals surface area (Å²) in [5.74, 6) is 0. The van der Waals surface area contributed by atoms with E-state index in [4.69, 9.17) is 0 Å². The van der Waals surface area contributed by atoms with Crippen LogP contribution in [-0.4, -0.2) is 18.0 Å². The highest BCUT2D eigenvalue weighted by Gasteiger charge is 2.33. The summed E-state index contributed by atoms with van der Waals surface area (Å²) in [7, 11) is 0. The molecule has 0 atom stereocenters. The van der Waals surface area contributed by atoms with E-state index in [-0.39, 0.29) is 0 Å². The maximum absolute atomic E-state index is 3.58.